The molecule has 0 aromatic rings. The first-order chi connectivity index (χ1) is 3.55. The molecule has 48 valence electrons. The van der Waals surface area contributed by atoms with Crippen LogP contribution < -0.4 is 11.5 Å². The van der Waals surface area contributed by atoms with Gasteiger partial charge in [0.05, 0.1) is 0 Å². The smallest absolute Gasteiger partial charge is 0.324 e. The van der Waals surface area contributed by atoms with Crippen molar-refractivity contribution < 1.29 is 15.0 Å². The second-order valence-electron chi connectivity index (χ2n) is 1.35. The molecule has 0 rings (SSSR count). The number of hydrogen-bond acceptors (Lipinski definition) is 4. The van der Waals surface area contributed by atoms with Gasteiger partial charge in [0.25, 0.3) is 0 Å². The largest absolute Gasteiger partial charge is 0.480 e. The van der Waals surface area contributed by atoms with Crippen molar-refractivity contribution in [3.63, 3.8) is 0 Å². The third-order valence-electron chi connectivity index (χ3n) is 0.653. The molecule has 0 aliphatic rings. The number of hydrogen-bond donors (Lipinski definition) is 4. The maximum absolute atomic E-state index is 9.78. The third-order valence-corrected chi connectivity index (χ3v) is 0.653. The van der Waals surface area contributed by atoms with Gasteiger partial charge in [-0.1, -0.05) is 0 Å². The maximum Gasteiger partial charge on any atom is 0.324 e. The van der Waals surface area contributed by atoms with Gasteiger partial charge in [-0.2, -0.15) is 0 Å². The fourth-order valence-corrected chi connectivity index (χ4v) is 0.146. The van der Waals surface area contributed by atoms with Crippen LogP contribution in [0.15, 0.2) is 0 Å². The molecule has 0 saturated heterocycles. The summed E-state index contributed by atoms with van der Waals surface area (Å²) in [5.74, 6) is -1.31. The van der Waals surface area contributed by atoms with E-state index in [-0.39, 0.29) is 0 Å². The van der Waals surface area contributed by atoms with E-state index in [4.69, 9.17) is 15.9 Å². The van der Waals surface area contributed by atoms with Gasteiger partial charge in [-0.3, -0.25) is 4.79 Å². The maximum atomic E-state index is 9.78. The quantitative estimate of drug-likeness (QED) is 0.306. The Bertz CT molecular complexity index is 92.5. The Hall–Kier alpha value is -0.650. The fourth-order valence-electron chi connectivity index (χ4n) is 0.146. The number of carboxylic acids is 1. The van der Waals surface area contributed by atoms with Crippen LogP contribution in [0.5, 0.6) is 0 Å². The number of carboxylic acid groups (broad SMARTS) is 1. The molecule has 0 fully saturated rings. The van der Waals surface area contributed by atoms with Crippen LogP contribution in [0.3, 0.4) is 0 Å². The van der Waals surface area contributed by atoms with Gasteiger partial charge < -0.3 is 21.7 Å². The first kappa shape index (κ1) is 7.35. The van der Waals surface area contributed by atoms with Gasteiger partial charge >= 0.3 is 5.97 Å². The second kappa shape index (κ2) is 2.61. The van der Waals surface area contributed by atoms with Crippen molar-refractivity contribution in [2.24, 2.45) is 11.5 Å². The molecule has 8 heavy (non-hydrogen) atoms. The Balaban J connectivity index is 3.64. The van der Waals surface area contributed by atoms with E-state index in [1.54, 1.807) is 0 Å². The normalized spacial score (nSPS) is 17.4. The minimum Gasteiger partial charge on any atom is -0.480 e. The minimum atomic E-state index is -1.48. The van der Waals surface area contributed by atoms with Crippen LogP contribution in [-0.4, -0.2) is 28.5 Å². The average molecular weight is 120 g/mol. The van der Waals surface area contributed by atoms with Gasteiger partial charge in [-0.05, 0) is 0 Å². The van der Waals surface area contributed by atoms with E-state index in [0.717, 1.165) is 0 Å². The van der Waals surface area contributed by atoms with E-state index in [9.17, 15) is 4.79 Å². The zero-order chi connectivity index (χ0) is 6.73. The molecule has 0 amide bonds. The third kappa shape index (κ3) is 1.87. The van der Waals surface area contributed by atoms with Crippen molar-refractivity contribution in [1.29, 1.82) is 0 Å². The highest BCUT2D eigenvalue weighted by atomic mass is 16.4. The van der Waals surface area contributed by atoms with Crippen molar-refractivity contribution >= 4 is 5.97 Å². The molecular weight excluding hydrogens is 112 g/mol. The topological polar surface area (TPSA) is 110 Å². The summed E-state index contributed by atoms with van der Waals surface area (Å²) in [4.78, 5) is 9.78. The highest BCUT2D eigenvalue weighted by Gasteiger charge is 2.16. The molecule has 0 aromatic carbocycles. The molecule has 0 spiro atoms. The molecule has 0 saturated carbocycles. The lowest BCUT2D eigenvalue weighted by Crippen LogP contribution is -2.46. The van der Waals surface area contributed by atoms with Crippen LogP contribution in [0.25, 0.3) is 0 Å². The number of rotatable bonds is 2. The van der Waals surface area contributed by atoms with Crippen LogP contribution >= 0.6 is 0 Å². The molecule has 1 unspecified atom stereocenters. The minimum absolute atomic E-state index is 1.31. The molecule has 0 radical (unpaired) electrons. The number of aliphatic hydroxyl groups is 1. The summed E-state index contributed by atoms with van der Waals surface area (Å²) >= 11 is 0. The number of nitrogens with two attached hydrogens (primary N) is 2. The predicted octanol–water partition coefficient (Wildman–Crippen LogP) is -2.32. The summed E-state index contributed by atoms with van der Waals surface area (Å²) in [7, 11) is 0. The van der Waals surface area contributed by atoms with Gasteiger partial charge in [0, 0.05) is 0 Å². The summed E-state index contributed by atoms with van der Waals surface area (Å²) in [5, 5.41) is 16.3. The molecule has 5 nitrogen and oxygen atoms in total. The molecule has 5 heteroatoms. The summed E-state index contributed by atoms with van der Waals surface area (Å²) in [6.45, 7) is 0. The van der Waals surface area contributed by atoms with Crippen molar-refractivity contribution in [2.75, 3.05) is 0 Å². The lowest BCUT2D eigenvalue weighted by atomic mass is 10.3. The summed E-state index contributed by atoms with van der Waals surface area (Å²) in [5.41, 5.74) is 9.47. The van der Waals surface area contributed by atoms with E-state index in [0.29, 0.717) is 0 Å². The number of aliphatic hydroxyl groups excluding tert-OH is 1. The summed E-state index contributed by atoms with van der Waals surface area (Å²) in [6.07, 6.45) is -1.48. The van der Waals surface area contributed by atoms with Crippen molar-refractivity contribution in [3.8, 4) is 0 Å². The molecule has 2 atom stereocenters. The Morgan fingerprint density at radius 2 is 1.88 bits per heavy atom. The summed E-state index contributed by atoms with van der Waals surface area (Å²) in [6, 6.07) is -1.38. The van der Waals surface area contributed by atoms with E-state index in [1.807, 2.05) is 0 Å². The molecule has 0 bridgehead atoms. The van der Waals surface area contributed by atoms with Gasteiger partial charge in [0.15, 0.2) is 0 Å². The second-order valence-corrected chi connectivity index (χ2v) is 1.35. The average Bonchev–Trinajstić information content (AvgIpc) is 1.64. The molecule has 0 aliphatic carbocycles. The Morgan fingerprint density at radius 1 is 1.50 bits per heavy atom. The monoisotopic (exact) mass is 120 g/mol. The van der Waals surface area contributed by atoms with Crippen molar-refractivity contribution in [2.45, 2.75) is 12.3 Å². The molecule has 0 heterocycles. The van der Waals surface area contributed by atoms with Crippen LogP contribution in [0.2, 0.25) is 0 Å². The van der Waals surface area contributed by atoms with Crippen LogP contribution in [0, 0.1) is 0 Å². The molecule has 0 aromatic heterocycles. The first-order valence-corrected chi connectivity index (χ1v) is 1.97. The first-order valence-electron chi connectivity index (χ1n) is 1.97. The molecule has 0 aliphatic heterocycles. The van der Waals surface area contributed by atoms with Gasteiger partial charge in [-0.25, -0.2) is 0 Å². The zero-order valence-corrected chi connectivity index (χ0v) is 4.11. The van der Waals surface area contributed by atoms with E-state index >= 15 is 0 Å². The van der Waals surface area contributed by atoms with Crippen molar-refractivity contribution in [3.05, 3.63) is 0 Å². The summed E-state index contributed by atoms with van der Waals surface area (Å²) < 4.78 is 0. The van der Waals surface area contributed by atoms with E-state index in [2.05, 4.69) is 5.73 Å². The highest BCUT2D eigenvalue weighted by Crippen LogP contribution is 1.79. The van der Waals surface area contributed by atoms with E-state index < -0.39 is 18.2 Å². The number of carbonyl (C=O) groups is 1. The SMILES string of the molecule is NC(O)[C@@H](N)C(=O)O. The standard InChI is InChI=1S/C3H8N2O3/c4-1(2(5)6)3(7)8/h1-2,6H,4-5H2,(H,7,8)/t1-,2?/m1/s1. The van der Waals surface area contributed by atoms with Crippen molar-refractivity contribution in [1.82, 2.24) is 0 Å². The van der Waals surface area contributed by atoms with Crippen LogP contribution in [0.4, 0.5) is 0 Å². The van der Waals surface area contributed by atoms with Gasteiger partial charge in [-0.15, -0.1) is 0 Å². The Morgan fingerprint density at radius 3 is 1.88 bits per heavy atom. The lowest BCUT2D eigenvalue weighted by Gasteiger charge is -2.07. The fraction of sp³-hybridized carbons (Fsp3) is 0.667. The predicted molar refractivity (Wildman–Crippen MR) is 25.8 cm³/mol. The van der Waals surface area contributed by atoms with E-state index in [1.165, 1.54) is 0 Å². The molecular formula is C3H8N2O3. The Labute approximate surface area is 45.9 Å². The molecule has 6 N–H and O–H groups in total. The highest BCUT2D eigenvalue weighted by molar-refractivity contribution is 5.73. The van der Waals surface area contributed by atoms with Gasteiger partial charge in [0.1, 0.15) is 12.3 Å². The van der Waals surface area contributed by atoms with Gasteiger partial charge in [0.2, 0.25) is 0 Å². The zero-order valence-electron chi connectivity index (χ0n) is 4.11. The number of aliphatic carboxylic acids is 1. The Kier molecular flexibility index (Phi) is 2.40. The van der Waals surface area contributed by atoms with Crippen LogP contribution in [-0.2, 0) is 4.79 Å². The lowest BCUT2D eigenvalue weighted by molar-refractivity contribution is -0.141. The van der Waals surface area contributed by atoms with Crippen LogP contribution in [0.1, 0.15) is 0 Å².